The molecule has 1 fully saturated rings. The van der Waals surface area contributed by atoms with Crippen LogP contribution in [0.25, 0.3) is 0 Å². The molecule has 2 aromatic rings. The summed E-state index contributed by atoms with van der Waals surface area (Å²) >= 11 is 0. The largest absolute Gasteiger partial charge is 0.478 e. The monoisotopic (exact) mass is 369 g/mol. The Balaban J connectivity index is 1.61. The average molecular weight is 369 g/mol. The number of aromatic nitrogens is 2. The lowest BCUT2D eigenvalue weighted by atomic mass is 9.87. The minimum absolute atomic E-state index is 0.0210. The topological polar surface area (TPSA) is 75.4 Å². The van der Waals surface area contributed by atoms with Crippen LogP contribution in [-0.4, -0.2) is 44.8 Å². The highest BCUT2D eigenvalue weighted by Gasteiger charge is 2.31. The van der Waals surface area contributed by atoms with Crippen LogP contribution >= 0.6 is 0 Å². The van der Waals surface area contributed by atoms with Gasteiger partial charge in [-0.2, -0.15) is 5.10 Å². The number of amides is 1. The summed E-state index contributed by atoms with van der Waals surface area (Å²) < 4.78 is 1.73. The molecule has 1 unspecified atom stereocenters. The molecule has 1 aromatic carbocycles. The van der Waals surface area contributed by atoms with Gasteiger partial charge in [-0.1, -0.05) is 44.2 Å². The Kier molecular flexibility index (Phi) is 5.94. The van der Waals surface area contributed by atoms with Crippen LogP contribution in [-0.2, 0) is 11.2 Å². The molecule has 2 heterocycles. The van der Waals surface area contributed by atoms with E-state index in [-0.39, 0.29) is 29.3 Å². The molecule has 27 heavy (non-hydrogen) atoms. The fourth-order valence-corrected chi connectivity index (χ4v) is 3.71. The molecule has 6 nitrogen and oxygen atoms in total. The third-order valence-electron chi connectivity index (χ3n) is 5.42. The first-order valence-corrected chi connectivity index (χ1v) is 9.56. The smallest absolute Gasteiger partial charge is 0.338 e. The van der Waals surface area contributed by atoms with Crippen LogP contribution in [0.1, 0.15) is 48.7 Å². The van der Waals surface area contributed by atoms with Gasteiger partial charge in [-0.25, -0.2) is 4.79 Å². The van der Waals surface area contributed by atoms with E-state index in [0.717, 1.165) is 19.3 Å². The molecule has 3 rings (SSSR count). The molecule has 1 aromatic heterocycles. The van der Waals surface area contributed by atoms with Gasteiger partial charge in [0, 0.05) is 25.2 Å². The maximum atomic E-state index is 13.1. The molecule has 1 aliphatic heterocycles. The third-order valence-corrected chi connectivity index (χ3v) is 5.42. The van der Waals surface area contributed by atoms with Crippen molar-refractivity contribution in [2.24, 2.45) is 11.8 Å². The standard InChI is InChI=1S/C21H27N3O3/c1-15(2)19(12-16-6-4-3-5-7-16)20(25)23-10-8-18(9-11-23)24-14-17(13-22-24)21(26)27/h3-7,13-15,18-19H,8-12H2,1-2H3,(H,26,27). The molecule has 0 bridgehead atoms. The van der Waals surface area contributed by atoms with Gasteiger partial charge in [0.05, 0.1) is 17.8 Å². The summed E-state index contributed by atoms with van der Waals surface area (Å²) in [6.07, 6.45) is 5.31. The lowest BCUT2D eigenvalue weighted by Gasteiger charge is -2.35. The zero-order chi connectivity index (χ0) is 19.4. The van der Waals surface area contributed by atoms with Gasteiger partial charge in [-0.15, -0.1) is 0 Å². The number of carbonyl (C=O) groups is 2. The van der Waals surface area contributed by atoms with Crippen molar-refractivity contribution in [1.82, 2.24) is 14.7 Å². The van der Waals surface area contributed by atoms with Crippen molar-refractivity contribution in [3.63, 3.8) is 0 Å². The third kappa shape index (κ3) is 4.56. The van der Waals surface area contributed by atoms with Crippen molar-refractivity contribution in [1.29, 1.82) is 0 Å². The highest BCUT2D eigenvalue weighted by molar-refractivity contribution is 5.86. The molecule has 144 valence electrons. The van der Waals surface area contributed by atoms with Crippen LogP contribution in [0.2, 0.25) is 0 Å². The Morgan fingerprint density at radius 2 is 1.85 bits per heavy atom. The number of likely N-dealkylation sites (tertiary alicyclic amines) is 1. The summed E-state index contributed by atoms with van der Waals surface area (Å²) in [5.74, 6) is -0.486. The number of piperidine rings is 1. The van der Waals surface area contributed by atoms with Crippen LogP contribution < -0.4 is 0 Å². The second-order valence-electron chi connectivity index (χ2n) is 7.61. The fourth-order valence-electron chi connectivity index (χ4n) is 3.71. The molecule has 0 spiro atoms. The van der Waals surface area contributed by atoms with Gasteiger partial charge in [0.15, 0.2) is 0 Å². The Hall–Kier alpha value is -2.63. The summed E-state index contributed by atoms with van der Waals surface area (Å²) in [5, 5.41) is 13.2. The number of hydrogen-bond acceptors (Lipinski definition) is 3. The minimum Gasteiger partial charge on any atom is -0.478 e. The molecular weight excluding hydrogens is 342 g/mol. The van der Waals surface area contributed by atoms with Crippen LogP contribution in [0.5, 0.6) is 0 Å². The number of carboxylic acids is 1. The van der Waals surface area contributed by atoms with E-state index in [1.165, 1.54) is 11.8 Å². The van der Waals surface area contributed by atoms with Gasteiger partial charge in [0.1, 0.15) is 0 Å². The number of carboxylic acid groups (broad SMARTS) is 1. The first kappa shape index (κ1) is 19.1. The highest BCUT2D eigenvalue weighted by atomic mass is 16.4. The van der Waals surface area contributed by atoms with Crippen LogP contribution in [0.4, 0.5) is 0 Å². The summed E-state index contributed by atoms with van der Waals surface area (Å²) in [7, 11) is 0. The molecule has 1 aliphatic rings. The molecule has 1 N–H and O–H groups in total. The fraction of sp³-hybridized carbons (Fsp3) is 0.476. The lowest BCUT2D eigenvalue weighted by Crippen LogP contribution is -2.44. The van der Waals surface area contributed by atoms with Gasteiger partial charge >= 0.3 is 5.97 Å². The number of carbonyl (C=O) groups excluding carboxylic acids is 1. The van der Waals surface area contributed by atoms with Gasteiger partial charge in [0.25, 0.3) is 0 Å². The van der Waals surface area contributed by atoms with Crippen LogP contribution in [0, 0.1) is 11.8 Å². The van der Waals surface area contributed by atoms with Crippen molar-refractivity contribution in [2.45, 2.75) is 39.2 Å². The lowest BCUT2D eigenvalue weighted by molar-refractivity contribution is -0.138. The van der Waals surface area contributed by atoms with Gasteiger partial charge in [-0.05, 0) is 30.7 Å². The van der Waals surface area contributed by atoms with Crippen molar-refractivity contribution in [2.75, 3.05) is 13.1 Å². The molecular formula is C21H27N3O3. The van der Waals surface area contributed by atoms with E-state index in [4.69, 9.17) is 5.11 Å². The van der Waals surface area contributed by atoms with Gasteiger partial charge in [-0.3, -0.25) is 9.48 Å². The van der Waals surface area contributed by atoms with E-state index in [1.54, 1.807) is 10.9 Å². The Morgan fingerprint density at radius 3 is 2.41 bits per heavy atom. The average Bonchev–Trinajstić information content (AvgIpc) is 3.17. The summed E-state index contributed by atoms with van der Waals surface area (Å²) in [5.41, 5.74) is 1.40. The summed E-state index contributed by atoms with van der Waals surface area (Å²) in [4.78, 5) is 26.1. The maximum absolute atomic E-state index is 13.1. The van der Waals surface area contributed by atoms with Crippen molar-refractivity contribution in [3.05, 3.63) is 53.9 Å². The Morgan fingerprint density at radius 1 is 1.19 bits per heavy atom. The molecule has 0 aliphatic carbocycles. The van der Waals surface area contributed by atoms with Crippen molar-refractivity contribution in [3.8, 4) is 0 Å². The first-order valence-electron chi connectivity index (χ1n) is 9.56. The Labute approximate surface area is 159 Å². The second kappa shape index (κ2) is 8.37. The van der Waals surface area contributed by atoms with E-state index in [0.29, 0.717) is 13.1 Å². The van der Waals surface area contributed by atoms with Crippen LogP contribution in [0.15, 0.2) is 42.7 Å². The molecule has 0 saturated carbocycles. The number of benzene rings is 1. The molecule has 6 heteroatoms. The summed E-state index contributed by atoms with van der Waals surface area (Å²) in [6.45, 7) is 5.58. The second-order valence-corrected chi connectivity index (χ2v) is 7.61. The molecule has 0 radical (unpaired) electrons. The highest BCUT2D eigenvalue weighted by Crippen LogP contribution is 2.26. The molecule has 1 atom stereocenters. The van der Waals surface area contributed by atoms with Crippen molar-refractivity contribution < 1.29 is 14.7 Å². The van der Waals surface area contributed by atoms with E-state index < -0.39 is 5.97 Å². The normalized spacial score (nSPS) is 16.5. The summed E-state index contributed by atoms with van der Waals surface area (Å²) in [6, 6.07) is 10.3. The zero-order valence-electron chi connectivity index (χ0n) is 15.9. The zero-order valence-corrected chi connectivity index (χ0v) is 15.9. The maximum Gasteiger partial charge on any atom is 0.338 e. The van der Waals surface area contributed by atoms with E-state index in [9.17, 15) is 9.59 Å². The number of rotatable bonds is 6. The van der Waals surface area contributed by atoms with Gasteiger partial charge in [0.2, 0.25) is 5.91 Å². The van der Waals surface area contributed by atoms with Gasteiger partial charge < -0.3 is 10.0 Å². The number of aromatic carboxylic acids is 1. The predicted molar refractivity (Wildman–Crippen MR) is 103 cm³/mol. The Bertz CT molecular complexity index is 777. The van der Waals surface area contributed by atoms with E-state index >= 15 is 0 Å². The van der Waals surface area contributed by atoms with Crippen molar-refractivity contribution >= 4 is 11.9 Å². The first-order chi connectivity index (χ1) is 13.0. The number of nitrogens with zero attached hydrogens (tertiary/aromatic N) is 3. The van der Waals surface area contributed by atoms with E-state index in [2.05, 4.69) is 31.1 Å². The molecule has 1 saturated heterocycles. The molecule has 1 amide bonds. The van der Waals surface area contributed by atoms with Crippen LogP contribution in [0.3, 0.4) is 0 Å². The quantitative estimate of drug-likeness (QED) is 0.848. The SMILES string of the molecule is CC(C)C(Cc1ccccc1)C(=O)N1CCC(n2cc(C(=O)O)cn2)CC1. The predicted octanol–water partition coefficient (Wildman–Crippen LogP) is 3.26. The van der Waals surface area contributed by atoms with E-state index in [1.807, 2.05) is 23.1 Å². The minimum atomic E-state index is -0.963. The number of hydrogen-bond donors (Lipinski definition) is 1.